The summed E-state index contributed by atoms with van der Waals surface area (Å²) in [7, 11) is 4.61. The average Bonchev–Trinajstić information content (AvgIpc) is 3.45. The van der Waals surface area contributed by atoms with Crippen LogP contribution in [0.2, 0.25) is 0 Å². The zero-order valence-electron chi connectivity index (χ0n) is 17.6. The number of hydrogen-bond acceptors (Lipinski definition) is 8. The molecule has 1 aliphatic rings. The van der Waals surface area contributed by atoms with Gasteiger partial charge in [0.25, 0.3) is 5.22 Å². The molecular formula is C22H23N3O5S. The highest BCUT2D eigenvalue weighted by Gasteiger charge is 2.18. The molecule has 0 saturated carbocycles. The number of aromatic nitrogens is 2. The fraction of sp³-hybridized carbons (Fsp3) is 0.318. The molecule has 0 spiro atoms. The summed E-state index contributed by atoms with van der Waals surface area (Å²) in [5, 5.41) is 11.3. The molecule has 1 amide bonds. The molecule has 0 aliphatic heterocycles. The normalized spacial score (nSPS) is 12.4. The Morgan fingerprint density at radius 1 is 1.03 bits per heavy atom. The fourth-order valence-corrected chi connectivity index (χ4v) is 4.13. The summed E-state index contributed by atoms with van der Waals surface area (Å²) in [5.74, 6) is 1.77. The predicted molar refractivity (Wildman–Crippen MR) is 117 cm³/mol. The van der Waals surface area contributed by atoms with Crippen molar-refractivity contribution in [1.29, 1.82) is 0 Å². The van der Waals surface area contributed by atoms with Crippen LogP contribution in [-0.4, -0.2) is 43.2 Å². The Morgan fingerprint density at radius 2 is 1.77 bits per heavy atom. The van der Waals surface area contributed by atoms with Gasteiger partial charge in [-0.1, -0.05) is 17.8 Å². The summed E-state index contributed by atoms with van der Waals surface area (Å²) in [4.78, 5) is 12.3. The molecule has 1 N–H and O–H groups in total. The van der Waals surface area contributed by atoms with Gasteiger partial charge in [-0.15, -0.1) is 10.2 Å². The van der Waals surface area contributed by atoms with E-state index in [4.69, 9.17) is 18.6 Å². The van der Waals surface area contributed by atoms with Crippen LogP contribution in [0.25, 0.3) is 11.5 Å². The number of hydrogen-bond donors (Lipinski definition) is 1. The molecule has 1 heterocycles. The van der Waals surface area contributed by atoms with E-state index in [1.807, 2.05) is 6.07 Å². The lowest BCUT2D eigenvalue weighted by atomic mass is 10.1. The standard InChI is InChI=1S/C22H23N3O5S/c1-27-17-10-15(11-18(28-2)20(17)29-3)21-24-25-22(30-21)31-12-19(26)23-16-8-7-13-5-4-6-14(13)9-16/h7-11H,4-6,12H2,1-3H3,(H,23,26). The molecule has 9 heteroatoms. The number of rotatable bonds is 8. The second-order valence-corrected chi connectivity index (χ2v) is 7.89. The fourth-order valence-electron chi connectivity index (χ4n) is 3.56. The molecule has 1 aliphatic carbocycles. The zero-order chi connectivity index (χ0) is 21.8. The van der Waals surface area contributed by atoms with Crippen LogP contribution in [0.15, 0.2) is 40.0 Å². The van der Waals surface area contributed by atoms with Gasteiger partial charge in [0.15, 0.2) is 11.5 Å². The van der Waals surface area contributed by atoms with E-state index in [2.05, 4.69) is 27.6 Å². The summed E-state index contributed by atoms with van der Waals surface area (Å²) < 4.78 is 21.8. The Morgan fingerprint density at radius 3 is 2.48 bits per heavy atom. The number of nitrogens with one attached hydrogen (secondary N) is 1. The number of benzene rings is 2. The Hall–Kier alpha value is -3.20. The number of fused-ring (bicyclic) bond motifs is 1. The number of ether oxygens (including phenoxy) is 3. The van der Waals surface area contributed by atoms with Crippen molar-refractivity contribution in [2.24, 2.45) is 0 Å². The van der Waals surface area contributed by atoms with Gasteiger partial charge < -0.3 is 23.9 Å². The van der Waals surface area contributed by atoms with Crippen LogP contribution in [0.1, 0.15) is 17.5 Å². The molecule has 0 unspecified atom stereocenters. The van der Waals surface area contributed by atoms with E-state index in [-0.39, 0.29) is 11.7 Å². The molecule has 1 aromatic heterocycles. The van der Waals surface area contributed by atoms with Gasteiger partial charge in [-0.2, -0.15) is 0 Å². The summed E-state index contributed by atoms with van der Waals surface area (Å²) in [6.45, 7) is 0. The number of amides is 1. The highest BCUT2D eigenvalue weighted by molar-refractivity contribution is 7.99. The number of carbonyl (C=O) groups excluding carboxylic acids is 1. The van der Waals surface area contributed by atoms with Gasteiger partial charge in [-0.25, -0.2) is 0 Å². The third kappa shape index (κ3) is 4.61. The first kappa shape index (κ1) is 21.0. The maximum absolute atomic E-state index is 12.3. The lowest BCUT2D eigenvalue weighted by Gasteiger charge is -2.12. The first-order valence-electron chi connectivity index (χ1n) is 9.79. The van der Waals surface area contributed by atoms with Gasteiger partial charge >= 0.3 is 0 Å². The van der Waals surface area contributed by atoms with Crippen molar-refractivity contribution in [2.45, 2.75) is 24.5 Å². The maximum atomic E-state index is 12.3. The first-order valence-corrected chi connectivity index (χ1v) is 10.8. The zero-order valence-corrected chi connectivity index (χ0v) is 18.4. The van der Waals surface area contributed by atoms with E-state index in [1.165, 1.54) is 50.6 Å². The van der Waals surface area contributed by atoms with Crippen molar-refractivity contribution < 1.29 is 23.4 Å². The lowest BCUT2D eigenvalue weighted by Crippen LogP contribution is -2.14. The SMILES string of the molecule is COc1cc(-c2nnc(SCC(=O)Nc3ccc4c(c3)CCC4)o2)cc(OC)c1OC. The molecule has 31 heavy (non-hydrogen) atoms. The second-order valence-electron chi connectivity index (χ2n) is 6.96. The van der Waals surface area contributed by atoms with Crippen molar-refractivity contribution in [3.8, 4) is 28.7 Å². The second kappa shape index (κ2) is 9.30. The number of aryl methyl sites for hydroxylation is 2. The smallest absolute Gasteiger partial charge is 0.277 e. The van der Waals surface area contributed by atoms with Crippen molar-refractivity contribution in [3.63, 3.8) is 0 Å². The number of nitrogens with zero attached hydrogens (tertiary/aromatic N) is 2. The highest BCUT2D eigenvalue weighted by Crippen LogP contribution is 2.41. The van der Waals surface area contributed by atoms with Crippen molar-refractivity contribution in [3.05, 3.63) is 41.5 Å². The van der Waals surface area contributed by atoms with E-state index < -0.39 is 0 Å². The van der Waals surface area contributed by atoms with E-state index in [1.54, 1.807) is 12.1 Å². The van der Waals surface area contributed by atoms with E-state index >= 15 is 0 Å². The Kier molecular flexibility index (Phi) is 6.31. The molecule has 2 aromatic carbocycles. The van der Waals surface area contributed by atoms with Gasteiger partial charge in [0.05, 0.1) is 27.1 Å². The van der Waals surface area contributed by atoms with Crippen LogP contribution in [0.4, 0.5) is 5.69 Å². The highest BCUT2D eigenvalue weighted by atomic mass is 32.2. The number of methoxy groups -OCH3 is 3. The molecular weight excluding hydrogens is 418 g/mol. The van der Waals surface area contributed by atoms with Crippen molar-refractivity contribution in [1.82, 2.24) is 10.2 Å². The summed E-state index contributed by atoms with van der Waals surface area (Å²) in [6, 6.07) is 9.54. The van der Waals surface area contributed by atoms with Gasteiger partial charge in [-0.05, 0) is 54.7 Å². The van der Waals surface area contributed by atoms with Crippen molar-refractivity contribution >= 4 is 23.4 Å². The predicted octanol–water partition coefficient (Wildman–Crippen LogP) is 3.98. The van der Waals surface area contributed by atoms with Crippen LogP contribution in [0.5, 0.6) is 17.2 Å². The third-order valence-electron chi connectivity index (χ3n) is 5.03. The number of carbonyl (C=O) groups is 1. The van der Waals surface area contributed by atoms with Crippen LogP contribution >= 0.6 is 11.8 Å². The number of anilines is 1. The summed E-state index contributed by atoms with van der Waals surface area (Å²) in [6.07, 6.45) is 3.36. The van der Waals surface area contributed by atoms with E-state index in [9.17, 15) is 4.79 Å². The van der Waals surface area contributed by atoms with E-state index in [0.29, 0.717) is 33.9 Å². The minimum Gasteiger partial charge on any atom is -0.493 e. The summed E-state index contributed by atoms with van der Waals surface area (Å²) in [5.41, 5.74) is 4.13. The van der Waals surface area contributed by atoms with Crippen LogP contribution in [0, 0.1) is 0 Å². The summed E-state index contributed by atoms with van der Waals surface area (Å²) >= 11 is 1.18. The maximum Gasteiger partial charge on any atom is 0.277 e. The van der Waals surface area contributed by atoms with Gasteiger partial charge in [0.1, 0.15) is 0 Å². The molecule has 162 valence electrons. The quantitative estimate of drug-likeness (QED) is 0.525. The third-order valence-corrected chi connectivity index (χ3v) is 5.85. The Balaban J connectivity index is 1.41. The topological polar surface area (TPSA) is 95.7 Å². The molecule has 0 radical (unpaired) electrons. The average molecular weight is 442 g/mol. The Labute approximate surface area is 184 Å². The Bertz CT molecular complexity index is 1070. The molecule has 8 nitrogen and oxygen atoms in total. The van der Waals surface area contributed by atoms with E-state index in [0.717, 1.165) is 18.5 Å². The molecule has 0 fully saturated rings. The molecule has 0 bridgehead atoms. The van der Waals surface area contributed by atoms with Crippen LogP contribution in [0.3, 0.4) is 0 Å². The first-order chi connectivity index (χ1) is 15.1. The monoisotopic (exact) mass is 441 g/mol. The van der Waals surface area contributed by atoms with Crippen LogP contribution in [-0.2, 0) is 17.6 Å². The number of thioether (sulfide) groups is 1. The molecule has 0 atom stereocenters. The van der Waals surface area contributed by atoms with Gasteiger partial charge in [0.2, 0.25) is 17.5 Å². The van der Waals surface area contributed by atoms with Crippen LogP contribution < -0.4 is 19.5 Å². The lowest BCUT2D eigenvalue weighted by molar-refractivity contribution is -0.113. The van der Waals surface area contributed by atoms with Gasteiger partial charge in [-0.3, -0.25) is 4.79 Å². The minimum atomic E-state index is -0.129. The molecule has 0 saturated heterocycles. The van der Waals surface area contributed by atoms with Crippen molar-refractivity contribution in [2.75, 3.05) is 32.4 Å². The minimum absolute atomic E-state index is 0.129. The molecule has 3 aromatic rings. The largest absolute Gasteiger partial charge is 0.493 e. The van der Waals surface area contributed by atoms with Gasteiger partial charge in [0, 0.05) is 11.3 Å². The molecule has 4 rings (SSSR count).